The molecule has 1 saturated heterocycles. The predicted octanol–water partition coefficient (Wildman–Crippen LogP) is -0.324. The van der Waals surface area contributed by atoms with Crippen molar-refractivity contribution in [1.82, 2.24) is 9.55 Å². The Kier molecular flexibility index (Phi) is 4.20. The first kappa shape index (κ1) is 14.0. The molecule has 0 bridgehead atoms. The van der Waals surface area contributed by atoms with Gasteiger partial charge in [0.15, 0.2) is 0 Å². The van der Waals surface area contributed by atoms with E-state index in [1.54, 1.807) is 0 Å². The first-order chi connectivity index (χ1) is 9.06. The second kappa shape index (κ2) is 5.70. The Hall–Kier alpha value is -1.41. The highest BCUT2D eigenvalue weighted by molar-refractivity contribution is 6.27. The molecule has 1 aromatic rings. The van der Waals surface area contributed by atoms with E-state index < -0.39 is 24.1 Å². The summed E-state index contributed by atoms with van der Waals surface area (Å²) < 4.78 is 6.61. The Bertz CT molecular complexity index is 545. The van der Waals surface area contributed by atoms with Gasteiger partial charge < -0.3 is 20.7 Å². The smallest absolute Gasteiger partial charge is 0.351 e. The van der Waals surface area contributed by atoms with Crippen LogP contribution in [-0.2, 0) is 4.74 Å². The lowest BCUT2D eigenvalue weighted by Gasteiger charge is -2.15. The zero-order valence-electron chi connectivity index (χ0n) is 9.94. The fourth-order valence-electron chi connectivity index (χ4n) is 1.95. The zero-order valence-corrected chi connectivity index (χ0v) is 10.7. The monoisotopic (exact) mass is 287 g/mol. The van der Waals surface area contributed by atoms with Crippen molar-refractivity contribution in [3.05, 3.63) is 27.8 Å². The van der Waals surface area contributed by atoms with Gasteiger partial charge in [-0.15, -0.1) is 0 Å². The number of hydrogen-bond acceptors (Lipinski definition) is 6. The highest BCUT2D eigenvalue weighted by atomic mass is 35.5. The van der Waals surface area contributed by atoms with Crippen LogP contribution in [0.4, 0.5) is 5.82 Å². The van der Waals surface area contributed by atoms with E-state index >= 15 is 0 Å². The number of nitrogen functional groups attached to an aromatic ring is 1. The van der Waals surface area contributed by atoms with Crippen LogP contribution in [0.5, 0.6) is 0 Å². The SMILES string of the molecule is Nc1nc(=O)n([C@H]2C[C@H](O)[C@@H](CO)O2)cc1C=CCl. The molecule has 7 nitrogen and oxygen atoms in total. The fourth-order valence-corrected chi connectivity index (χ4v) is 2.09. The highest BCUT2D eigenvalue weighted by Crippen LogP contribution is 2.27. The molecule has 0 amide bonds. The van der Waals surface area contributed by atoms with Gasteiger partial charge in [0, 0.05) is 23.7 Å². The Morgan fingerprint density at radius 2 is 2.42 bits per heavy atom. The average molecular weight is 288 g/mol. The van der Waals surface area contributed by atoms with Gasteiger partial charge in [0.2, 0.25) is 0 Å². The number of aliphatic hydroxyl groups is 2. The van der Waals surface area contributed by atoms with Crippen LogP contribution in [0, 0.1) is 0 Å². The lowest BCUT2D eigenvalue weighted by atomic mass is 10.2. The molecule has 0 aromatic carbocycles. The van der Waals surface area contributed by atoms with Gasteiger partial charge in [-0.2, -0.15) is 4.98 Å². The Balaban J connectivity index is 2.35. The molecule has 2 rings (SSSR count). The normalized spacial score (nSPS) is 27.2. The first-order valence-electron chi connectivity index (χ1n) is 5.66. The molecular formula is C11H14ClN3O4. The van der Waals surface area contributed by atoms with Crippen LogP contribution >= 0.6 is 11.6 Å². The van der Waals surface area contributed by atoms with E-state index in [1.807, 2.05) is 0 Å². The topological polar surface area (TPSA) is 111 Å². The average Bonchev–Trinajstić information content (AvgIpc) is 2.74. The first-order valence-corrected chi connectivity index (χ1v) is 6.10. The number of nitrogens with two attached hydrogens (primary N) is 1. The summed E-state index contributed by atoms with van der Waals surface area (Å²) in [5.41, 5.74) is 6.73. The summed E-state index contributed by atoms with van der Waals surface area (Å²) >= 11 is 5.47. The molecule has 4 N–H and O–H groups in total. The fraction of sp³-hybridized carbons (Fsp3) is 0.455. The van der Waals surface area contributed by atoms with Gasteiger partial charge in [0.1, 0.15) is 18.1 Å². The van der Waals surface area contributed by atoms with Gasteiger partial charge in [-0.1, -0.05) is 11.6 Å². The molecule has 2 heterocycles. The molecule has 8 heteroatoms. The number of nitrogens with zero attached hydrogens (tertiary/aromatic N) is 2. The molecule has 0 aliphatic carbocycles. The van der Waals surface area contributed by atoms with E-state index in [9.17, 15) is 9.90 Å². The number of aliphatic hydroxyl groups excluding tert-OH is 2. The third-order valence-corrected chi connectivity index (χ3v) is 3.07. The molecule has 0 spiro atoms. The molecule has 1 aliphatic rings. The van der Waals surface area contributed by atoms with E-state index in [0.717, 1.165) is 0 Å². The van der Waals surface area contributed by atoms with Crippen LogP contribution in [-0.4, -0.2) is 38.6 Å². The standard InChI is InChI=1S/C11H14ClN3O4/c12-2-1-6-4-15(11(18)14-10(6)13)9-3-7(17)8(5-16)19-9/h1-2,4,7-9,16-17H,3,5H2,(H2,13,14,18)/t7-,8+,9+/m0/s1. The summed E-state index contributed by atoms with van der Waals surface area (Å²) in [4.78, 5) is 15.4. The van der Waals surface area contributed by atoms with E-state index in [1.165, 1.54) is 22.4 Å². The number of ether oxygens (including phenoxy) is 1. The van der Waals surface area contributed by atoms with Crippen molar-refractivity contribution in [2.24, 2.45) is 0 Å². The van der Waals surface area contributed by atoms with Crippen molar-refractivity contribution in [3.8, 4) is 0 Å². The maximum atomic E-state index is 11.8. The van der Waals surface area contributed by atoms with Gasteiger partial charge >= 0.3 is 5.69 Å². The van der Waals surface area contributed by atoms with Crippen molar-refractivity contribution in [1.29, 1.82) is 0 Å². The number of hydrogen-bond donors (Lipinski definition) is 3. The van der Waals surface area contributed by atoms with E-state index in [4.69, 9.17) is 27.2 Å². The molecular weight excluding hydrogens is 274 g/mol. The molecule has 104 valence electrons. The minimum absolute atomic E-state index is 0.0652. The largest absolute Gasteiger partial charge is 0.394 e. The summed E-state index contributed by atoms with van der Waals surface area (Å²) in [6.07, 6.45) is 0.930. The van der Waals surface area contributed by atoms with Gasteiger partial charge in [-0.25, -0.2) is 4.79 Å². The summed E-state index contributed by atoms with van der Waals surface area (Å²) in [5.74, 6) is 0.0652. The van der Waals surface area contributed by atoms with E-state index in [0.29, 0.717) is 5.56 Å². The molecule has 3 atom stereocenters. The minimum atomic E-state index is -0.827. The van der Waals surface area contributed by atoms with Gasteiger partial charge in [0.05, 0.1) is 12.7 Å². The third-order valence-electron chi connectivity index (χ3n) is 2.95. The van der Waals surface area contributed by atoms with Crippen LogP contribution in [0.15, 0.2) is 16.5 Å². The number of anilines is 1. The third kappa shape index (κ3) is 2.79. The Morgan fingerprint density at radius 1 is 1.68 bits per heavy atom. The highest BCUT2D eigenvalue weighted by Gasteiger charge is 2.35. The van der Waals surface area contributed by atoms with Crippen LogP contribution in [0.2, 0.25) is 0 Å². The number of aromatic nitrogens is 2. The lowest BCUT2D eigenvalue weighted by Crippen LogP contribution is -2.28. The van der Waals surface area contributed by atoms with Crippen molar-refractivity contribution in [2.75, 3.05) is 12.3 Å². The van der Waals surface area contributed by atoms with Gasteiger partial charge in [0.25, 0.3) is 0 Å². The van der Waals surface area contributed by atoms with Gasteiger partial charge in [-0.3, -0.25) is 4.57 Å². The minimum Gasteiger partial charge on any atom is -0.394 e. The Morgan fingerprint density at radius 3 is 3.00 bits per heavy atom. The van der Waals surface area contributed by atoms with Crippen LogP contribution < -0.4 is 11.4 Å². The van der Waals surface area contributed by atoms with Crippen molar-refractivity contribution in [2.45, 2.75) is 24.9 Å². The second-order valence-electron chi connectivity index (χ2n) is 4.18. The van der Waals surface area contributed by atoms with Crippen molar-refractivity contribution >= 4 is 23.5 Å². The van der Waals surface area contributed by atoms with E-state index in [-0.39, 0.29) is 18.8 Å². The molecule has 0 unspecified atom stereocenters. The van der Waals surface area contributed by atoms with Crippen LogP contribution in [0.25, 0.3) is 6.08 Å². The van der Waals surface area contributed by atoms with Crippen LogP contribution in [0.1, 0.15) is 18.2 Å². The number of rotatable bonds is 3. The second-order valence-corrected chi connectivity index (χ2v) is 4.43. The van der Waals surface area contributed by atoms with Crippen molar-refractivity contribution < 1.29 is 14.9 Å². The summed E-state index contributed by atoms with van der Waals surface area (Å²) in [6.45, 7) is -0.316. The maximum absolute atomic E-state index is 11.8. The molecule has 0 radical (unpaired) electrons. The molecule has 1 fully saturated rings. The summed E-state index contributed by atoms with van der Waals surface area (Å²) in [5, 5.41) is 18.7. The Labute approximate surface area is 113 Å². The molecule has 0 saturated carbocycles. The van der Waals surface area contributed by atoms with E-state index in [2.05, 4.69) is 4.98 Å². The summed E-state index contributed by atoms with van der Waals surface area (Å²) in [7, 11) is 0. The van der Waals surface area contributed by atoms with Gasteiger partial charge in [-0.05, 0) is 6.08 Å². The van der Waals surface area contributed by atoms with Crippen molar-refractivity contribution in [3.63, 3.8) is 0 Å². The molecule has 1 aromatic heterocycles. The molecule has 1 aliphatic heterocycles. The van der Waals surface area contributed by atoms with Crippen LogP contribution in [0.3, 0.4) is 0 Å². The quantitative estimate of drug-likeness (QED) is 0.702. The zero-order chi connectivity index (χ0) is 14.0. The lowest BCUT2D eigenvalue weighted by molar-refractivity contribution is -0.0458. The predicted molar refractivity (Wildman–Crippen MR) is 69.4 cm³/mol. The summed E-state index contributed by atoms with van der Waals surface area (Å²) in [6, 6.07) is 0. The molecule has 19 heavy (non-hydrogen) atoms. The maximum Gasteiger partial charge on any atom is 0.351 e. The number of halogens is 1.